The Morgan fingerprint density at radius 2 is 1.47 bits per heavy atom. The van der Waals surface area contributed by atoms with Gasteiger partial charge in [-0.2, -0.15) is 0 Å². The van der Waals surface area contributed by atoms with E-state index in [2.05, 4.69) is 92.8 Å². The van der Waals surface area contributed by atoms with Gasteiger partial charge in [0.2, 0.25) is 0 Å². The third-order valence-electron chi connectivity index (χ3n) is 7.42. The van der Waals surface area contributed by atoms with Crippen molar-refractivity contribution in [3.63, 3.8) is 0 Å². The molecule has 1 aliphatic heterocycles. The minimum atomic E-state index is -1.89. The molecule has 2 heterocycles. The first-order valence-corrected chi connectivity index (χ1v) is 14.7. The van der Waals surface area contributed by atoms with Gasteiger partial charge in [-0.15, -0.1) is 5.54 Å². The summed E-state index contributed by atoms with van der Waals surface area (Å²) in [5.74, 6) is 4.40. The predicted molar refractivity (Wildman–Crippen MR) is 146 cm³/mol. The van der Waals surface area contributed by atoms with Gasteiger partial charge < -0.3 is 15.4 Å². The number of ether oxygens (including phenoxy) is 1. The molecular weight excluding hydrogens is 436 g/mol. The van der Waals surface area contributed by atoms with Crippen molar-refractivity contribution in [2.24, 2.45) is 0 Å². The van der Waals surface area contributed by atoms with Crippen molar-refractivity contribution in [3.8, 4) is 17.2 Å². The Balaban J connectivity index is 1.91. The van der Waals surface area contributed by atoms with Crippen LogP contribution in [0, 0.1) is 11.5 Å². The van der Waals surface area contributed by atoms with E-state index in [0.717, 1.165) is 54.5 Å². The highest BCUT2D eigenvalue weighted by Gasteiger charge is 2.41. The third kappa shape index (κ3) is 4.47. The number of hydrogen-bond donors (Lipinski definition) is 1. The van der Waals surface area contributed by atoms with Crippen LogP contribution in [0.25, 0.3) is 16.7 Å². The first-order valence-electron chi connectivity index (χ1n) is 12.5. The minimum Gasteiger partial charge on any atom is -0.399 e. The van der Waals surface area contributed by atoms with Gasteiger partial charge >= 0.3 is 0 Å². The lowest BCUT2D eigenvalue weighted by Gasteiger charge is -2.38. The molecule has 0 aliphatic carbocycles. The van der Waals surface area contributed by atoms with E-state index >= 15 is 0 Å². The van der Waals surface area contributed by atoms with Crippen LogP contribution in [0.3, 0.4) is 0 Å². The van der Waals surface area contributed by atoms with Crippen molar-refractivity contribution in [2.45, 2.75) is 58.2 Å². The molecule has 2 aromatic carbocycles. The Hall–Kier alpha value is -2.75. The topological polar surface area (TPSA) is 56.3 Å². The number of aromatic nitrogens is 2. The molecular formula is C28H38N4OSi. The van der Waals surface area contributed by atoms with E-state index in [9.17, 15) is 0 Å². The van der Waals surface area contributed by atoms with Crippen LogP contribution in [-0.4, -0.2) is 43.9 Å². The van der Waals surface area contributed by atoms with E-state index in [-0.39, 0.29) is 0 Å². The Kier molecular flexibility index (Phi) is 7.06. The lowest BCUT2D eigenvalue weighted by atomic mass is 10.2. The van der Waals surface area contributed by atoms with Crippen LogP contribution in [0.4, 0.5) is 11.4 Å². The van der Waals surface area contributed by atoms with Crippen molar-refractivity contribution in [1.29, 1.82) is 0 Å². The van der Waals surface area contributed by atoms with Crippen molar-refractivity contribution in [1.82, 2.24) is 9.55 Å². The van der Waals surface area contributed by atoms with E-state index in [1.54, 1.807) is 0 Å². The molecule has 1 saturated heterocycles. The van der Waals surface area contributed by atoms with Gasteiger partial charge in [-0.3, -0.25) is 4.57 Å². The highest BCUT2D eigenvalue weighted by atomic mass is 28.3. The van der Waals surface area contributed by atoms with Crippen molar-refractivity contribution in [2.75, 3.05) is 36.9 Å². The molecule has 5 nitrogen and oxygen atoms in total. The highest BCUT2D eigenvalue weighted by molar-refractivity contribution is 6.90. The number of nitrogen functional groups attached to an aromatic ring is 1. The maximum absolute atomic E-state index is 6.00. The number of benzene rings is 2. The summed E-state index contributed by atoms with van der Waals surface area (Å²) in [4.78, 5) is 7.39. The van der Waals surface area contributed by atoms with Crippen molar-refractivity contribution in [3.05, 3.63) is 48.3 Å². The molecule has 6 heteroatoms. The van der Waals surface area contributed by atoms with Crippen LogP contribution >= 0.6 is 0 Å². The van der Waals surface area contributed by atoms with E-state index in [1.807, 2.05) is 12.1 Å². The van der Waals surface area contributed by atoms with Crippen LogP contribution in [-0.2, 0) is 4.74 Å². The number of fused-ring (bicyclic) bond motifs is 1. The molecule has 0 unspecified atom stereocenters. The van der Waals surface area contributed by atoms with Crippen LogP contribution < -0.4 is 10.6 Å². The summed E-state index contributed by atoms with van der Waals surface area (Å²) in [7, 11) is -1.89. The molecule has 0 spiro atoms. The number of nitrogens with zero attached hydrogens (tertiary/aromatic N) is 3. The van der Waals surface area contributed by atoms with Gasteiger partial charge in [-0.25, -0.2) is 4.98 Å². The van der Waals surface area contributed by atoms with Gasteiger partial charge in [-0.1, -0.05) is 41.5 Å². The molecule has 0 atom stereocenters. The van der Waals surface area contributed by atoms with E-state index < -0.39 is 8.07 Å². The molecule has 0 amide bonds. The van der Waals surface area contributed by atoms with Crippen LogP contribution in [0.2, 0.25) is 16.6 Å². The molecule has 0 saturated carbocycles. The van der Waals surface area contributed by atoms with Gasteiger partial charge in [0, 0.05) is 30.2 Å². The SMILES string of the molecule is CC(C)[Si](C#Cc1nc2ccc(N3CCOCC3)cc2n1-c1ccc(N)cc1)(C(C)C)C(C)C. The Labute approximate surface area is 205 Å². The standard InChI is InChI=1S/C28H38N4OSi/c1-20(2)34(21(3)4,22(5)6)18-13-28-30-26-12-11-25(31-14-16-33-17-15-31)19-27(26)32(28)24-9-7-23(29)8-10-24/h7-12,19-22H,14-17,29H2,1-6H3. The Bertz CT molecular complexity index is 1170. The lowest BCUT2D eigenvalue weighted by molar-refractivity contribution is 0.122. The van der Waals surface area contributed by atoms with E-state index in [1.165, 1.54) is 5.69 Å². The fraction of sp³-hybridized carbons (Fsp3) is 0.464. The highest BCUT2D eigenvalue weighted by Crippen LogP contribution is 2.41. The molecule has 1 aliphatic rings. The molecule has 34 heavy (non-hydrogen) atoms. The zero-order valence-electron chi connectivity index (χ0n) is 21.4. The summed E-state index contributed by atoms with van der Waals surface area (Å²) in [5, 5.41) is 0. The summed E-state index contributed by atoms with van der Waals surface area (Å²) < 4.78 is 7.75. The number of anilines is 2. The van der Waals surface area contributed by atoms with Gasteiger partial charge in [0.05, 0.1) is 24.2 Å². The summed E-state index contributed by atoms with van der Waals surface area (Å²) in [6.45, 7) is 17.4. The maximum atomic E-state index is 6.00. The Morgan fingerprint density at radius 1 is 0.882 bits per heavy atom. The lowest BCUT2D eigenvalue weighted by Crippen LogP contribution is -2.43. The first-order chi connectivity index (χ1) is 16.2. The van der Waals surface area contributed by atoms with Gasteiger partial charge in [0.1, 0.15) is 8.07 Å². The maximum Gasteiger partial charge on any atom is 0.190 e. The number of rotatable bonds is 5. The van der Waals surface area contributed by atoms with Crippen LogP contribution in [0.15, 0.2) is 42.5 Å². The van der Waals surface area contributed by atoms with E-state index in [4.69, 9.17) is 15.5 Å². The van der Waals surface area contributed by atoms with Crippen molar-refractivity contribution >= 4 is 30.5 Å². The van der Waals surface area contributed by atoms with Crippen LogP contribution in [0.1, 0.15) is 47.4 Å². The quantitative estimate of drug-likeness (QED) is 0.279. The monoisotopic (exact) mass is 474 g/mol. The molecule has 3 aromatic rings. The molecule has 180 valence electrons. The first kappa shape index (κ1) is 24.4. The van der Waals surface area contributed by atoms with Crippen molar-refractivity contribution < 1.29 is 4.74 Å². The fourth-order valence-corrected chi connectivity index (χ4v) is 10.8. The minimum absolute atomic E-state index is 0.572. The molecule has 4 rings (SSSR count). The molecule has 1 aromatic heterocycles. The van der Waals surface area contributed by atoms with Gasteiger partial charge in [0.15, 0.2) is 5.82 Å². The number of imidazole rings is 1. The normalized spacial score (nSPS) is 14.8. The molecule has 2 N–H and O–H groups in total. The summed E-state index contributed by atoms with van der Waals surface area (Å²) in [5.41, 5.74) is 16.6. The number of hydrogen-bond acceptors (Lipinski definition) is 4. The van der Waals surface area contributed by atoms with Gasteiger partial charge in [0.25, 0.3) is 0 Å². The molecule has 0 bridgehead atoms. The number of nitrogens with two attached hydrogens (primary N) is 1. The molecule has 1 fully saturated rings. The average molecular weight is 475 g/mol. The van der Waals surface area contributed by atoms with E-state index in [0.29, 0.717) is 16.6 Å². The predicted octanol–water partition coefficient (Wildman–Crippen LogP) is 6.01. The second-order valence-electron chi connectivity index (χ2n) is 10.3. The summed E-state index contributed by atoms with van der Waals surface area (Å²) in [6.07, 6.45) is 0. The third-order valence-corrected chi connectivity index (χ3v) is 13.7. The largest absolute Gasteiger partial charge is 0.399 e. The zero-order chi connectivity index (χ0) is 24.5. The second kappa shape index (κ2) is 9.85. The molecule has 0 radical (unpaired) electrons. The number of morpholine rings is 1. The summed E-state index contributed by atoms with van der Waals surface area (Å²) >= 11 is 0. The van der Waals surface area contributed by atoms with Gasteiger partial charge in [-0.05, 0) is 65.0 Å². The summed E-state index contributed by atoms with van der Waals surface area (Å²) in [6, 6.07) is 14.5. The second-order valence-corrected chi connectivity index (χ2v) is 15.9. The average Bonchev–Trinajstić information content (AvgIpc) is 3.17. The Morgan fingerprint density at radius 3 is 2.06 bits per heavy atom. The smallest absolute Gasteiger partial charge is 0.190 e. The van der Waals surface area contributed by atoms with Crippen LogP contribution in [0.5, 0.6) is 0 Å². The zero-order valence-corrected chi connectivity index (χ0v) is 22.4. The fourth-order valence-electron chi connectivity index (χ4n) is 5.65.